The summed E-state index contributed by atoms with van der Waals surface area (Å²) in [6.45, 7) is 0. The molecular weight excluding hydrogens is 364 g/mol. The number of hydrogen-bond acceptors (Lipinski definition) is 1. The summed E-state index contributed by atoms with van der Waals surface area (Å²) < 4.78 is 14.0. The van der Waals surface area contributed by atoms with Gasteiger partial charge in [0.1, 0.15) is 5.82 Å². The van der Waals surface area contributed by atoms with E-state index in [1.807, 2.05) is 6.07 Å². The first kappa shape index (κ1) is 15.8. The zero-order valence-electron chi connectivity index (χ0n) is 10.5. The van der Waals surface area contributed by atoms with Gasteiger partial charge in [0.2, 0.25) is 0 Å². The van der Waals surface area contributed by atoms with Gasteiger partial charge in [-0.05, 0) is 54.3 Å². The van der Waals surface area contributed by atoms with Gasteiger partial charge in [-0.3, -0.25) is 0 Å². The Hall–Kier alpha value is -0.610. The molecule has 0 heterocycles. The average molecular weight is 377 g/mol. The molecule has 0 radical (unpaired) electrons. The lowest BCUT2D eigenvalue weighted by molar-refractivity contribution is 0.617. The van der Waals surface area contributed by atoms with Crippen molar-refractivity contribution in [3.05, 3.63) is 67.9 Å². The third-order valence-electron chi connectivity index (χ3n) is 2.95. The van der Waals surface area contributed by atoms with Crippen LogP contribution in [0.3, 0.4) is 0 Å². The second kappa shape index (κ2) is 6.90. The quantitative estimate of drug-likeness (QED) is 0.797. The molecule has 0 saturated carbocycles. The Labute approximate surface area is 136 Å². The van der Waals surface area contributed by atoms with Gasteiger partial charge in [-0.1, -0.05) is 45.2 Å². The Bertz CT molecular complexity index is 578. The number of benzene rings is 2. The Morgan fingerprint density at radius 3 is 2.35 bits per heavy atom. The van der Waals surface area contributed by atoms with E-state index < -0.39 is 0 Å². The normalized spacial score (nSPS) is 12.4. The molecule has 0 aliphatic heterocycles. The molecule has 0 bridgehead atoms. The lowest BCUT2D eigenvalue weighted by atomic mass is 9.99. The van der Waals surface area contributed by atoms with Crippen LogP contribution in [0.5, 0.6) is 0 Å². The van der Waals surface area contributed by atoms with Gasteiger partial charge in [-0.2, -0.15) is 0 Å². The largest absolute Gasteiger partial charge is 0.327 e. The summed E-state index contributed by atoms with van der Waals surface area (Å²) in [4.78, 5) is 0. The van der Waals surface area contributed by atoms with Crippen LogP contribution >= 0.6 is 39.1 Å². The summed E-state index contributed by atoms with van der Waals surface area (Å²) in [5, 5.41) is 1.21. The lowest BCUT2D eigenvalue weighted by Gasteiger charge is -2.14. The average Bonchev–Trinajstić information content (AvgIpc) is 2.32. The van der Waals surface area contributed by atoms with Crippen molar-refractivity contribution in [3.63, 3.8) is 0 Å². The zero-order valence-corrected chi connectivity index (χ0v) is 13.6. The molecule has 1 atom stereocenters. The Morgan fingerprint density at radius 2 is 1.75 bits per heavy atom. The van der Waals surface area contributed by atoms with Crippen molar-refractivity contribution >= 4 is 39.1 Å². The van der Waals surface area contributed by atoms with E-state index in [2.05, 4.69) is 15.9 Å². The summed E-state index contributed by atoms with van der Waals surface area (Å²) >= 11 is 15.5. The van der Waals surface area contributed by atoms with E-state index in [-0.39, 0.29) is 11.9 Å². The van der Waals surface area contributed by atoms with Crippen LogP contribution in [0.4, 0.5) is 4.39 Å². The van der Waals surface area contributed by atoms with Crippen LogP contribution in [-0.4, -0.2) is 6.04 Å². The van der Waals surface area contributed by atoms with Crippen LogP contribution in [0.2, 0.25) is 10.0 Å². The second-order valence-electron chi connectivity index (χ2n) is 4.65. The third kappa shape index (κ3) is 4.19. The van der Waals surface area contributed by atoms with E-state index in [1.165, 1.54) is 12.1 Å². The molecule has 106 valence electrons. The second-order valence-corrected chi connectivity index (χ2v) is 6.38. The number of hydrogen-bond donors (Lipinski definition) is 1. The molecule has 0 amide bonds. The standard InChI is InChI=1S/C15H13BrCl2FN/c16-10-4-9(5-11(19)7-10)6-12(20)8-13-14(17)2-1-3-15(13)18/h1-5,7,12H,6,8,20H2. The van der Waals surface area contributed by atoms with Gasteiger partial charge < -0.3 is 5.73 Å². The molecule has 0 fully saturated rings. The molecule has 20 heavy (non-hydrogen) atoms. The lowest BCUT2D eigenvalue weighted by Crippen LogP contribution is -2.25. The van der Waals surface area contributed by atoms with E-state index in [4.69, 9.17) is 28.9 Å². The highest BCUT2D eigenvalue weighted by Gasteiger charge is 2.12. The molecule has 2 aromatic rings. The van der Waals surface area contributed by atoms with E-state index in [0.717, 1.165) is 11.1 Å². The minimum Gasteiger partial charge on any atom is -0.327 e. The van der Waals surface area contributed by atoms with E-state index >= 15 is 0 Å². The fraction of sp³-hybridized carbons (Fsp3) is 0.200. The first-order valence-corrected chi connectivity index (χ1v) is 7.64. The van der Waals surface area contributed by atoms with Crippen molar-refractivity contribution in [1.29, 1.82) is 0 Å². The van der Waals surface area contributed by atoms with Crippen molar-refractivity contribution in [1.82, 2.24) is 0 Å². The molecule has 2 rings (SSSR count). The van der Waals surface area contributed by atoms with Crippen LogP contribution < -0.4 is 5.73 Å². The molecule has 0 saturated heterocycles. The van der Waals surface area contributed by atoms with Crippen molar-refractivity contribution in [2.75, 3.05) is 0 Å². The monoisotopic (exact) mass is 375 g/mol. The molecule has 0 aliphatic rings. The number of nitrogens with two attached hydrogens (primary N) is 1. The van der Waals surface area contributed by atoms with E-state index in [0.29, 0.717) is 27.4 Å². The highest BCUT2D eigenvalue weighted by molar-refractivity contribution is 9.10. The highest BCUT2D eigenvalue weighted by atomic mass is 79.9. The maximum Gasteiger partial charge on any atom is 0.124 e. The molecule has 2 aromatic carbocycles. The smallest absolute Gasteiger partial charge is 0.124 e. The van der Waals surface area contributed by atoms with Gasteiger partial charge in [0.25, 0.3) is 0 Å². The Kier molecular flexibility index (Phi) is 5.44. The van der Waals surface area contributed by atoms with Gasteiger partial charge in [-0.15, -0.1) is 0 Å². The molecule has 1 nitrogen and oxygen atoms in total. The minimum absolute atomic E-state index is 0.180. The maximum absolute atomic E-state index is 13.3. The van der Waals surface area contributed by atoms with Gasteiger partial charge in [0.05, 0.1) is 0 Å². The molecular formula is C15H13BrCl2FN. The topological polar surface area (TPSA) is 26.0 Å². The van der Waals surface area contributed by atoms with Crippen molar-refractivity contribution in [3.8, 4) is 0 Å². The fourth-order valence-corrected chi connectivity index (χ4v) is 3.16. The molecule has 1 unspecified atom stereocenters. The molecule has 0 spiro atoms. The zero-order chi connectivity index (χ0) is 14.7. The van der Waals surface area contributed by atoms with Crippen molar-refractivity contribution in [2.24, 2.45) is 5.73 Å². The van der Waals surface area contributed by atoms with E-state index in [9.17, 15) is 4.39 Å². The van der Waals surface area contributed by atoms with Gasteiger partial charge >= 0.3 is 0 Å². The molecule has 2 N–H and O–H groups in total. The van der Waals surface area contributed by atoms with Crippen LogP contribution in [-0.2, 0) is 12.8 Å². The summed E-state index contributed by atoms with van der Waals surface area (Å²) in [7, 11) is 0. The van der Waals surface area contributed by atoms with Crippen molar-refractivity contribution in [2.45, 2.75) is 18.9 Å². The maximum atomic E-state index is 13.3. The third-order valence-corrected chi connectivity index (χ3v) is 4.11. The summed E-state index contributed by atoms with van der Waals surface area (Å²) in [5.41, 5.74) is 7.79. The van der Waals surface area contributed by atoms with Crippen LogP contribution in [0, 0.1) is 5.82 Å². The summed E-state index contributed by atoms with van der Waals surface area (Å²) in [6, 6.07) is 9.95. The van der Waals surface area contributed by atoms with Gasteiger partial charge in [0, 0.05) is 20.6 Å². The SMILES string of the molecule is NC(Cc1cc(F)cc(Br)c1)Cc1c(Cl)cccc1Cl. The predicted molar refractivity (Wildman–Crippen MR) is 85.9 cm³/mol. The Morgan fingerprint density at radius 1 is 1.10 bits per heavy atom. The van der Waals surface area contributed by atoms with Crippen LogP contribution in [0.15, 0.2) is 40.9 Å². The highest BCUT2D eigenvalue weighted by Crippen LogP contribution is 2.26. The minimum atomic E-state index is -0.280. The summed E-state index contributed by atoms with van der Waals surface area (Å²) in [5.74, 6) is -0.280. The first-order valence-electron chi connectivity index (χ1n) is 6.09. The van der Waals surface area contributed by atoms with E-state index in [1.54, 1.807) is 18.2 Å². The molecule has 0 aromatic heterocycles. The van der Waals surface area contributed by atoms with Crippen LogP contribution in [0.1, 0.15) is 11.1 Å². The number of halogens is 4. The van der Waals surface area contributed by atoms with Crippen molar-refractivity contribution < 1.29 is 4.39 Å². The predicted octanol–water partition coefficient (Wildman–Crippen LogP) is 5.01. The van der Waals surface area contributed by atoms with Gasteiger partial charge in [-0.25, -0.2) is 4.39 Å². The van der Waals surface area contributed by atoms with Crippen LogP contribution in [0.25, 0.3) is 0 Å². The Balaban J connectivity index is 2.11. The molecule has 0 aliphatic carbocycles. The first-order chi connectivity index (χ1) is 9.45. The van der Waals surface area contributed by atoms with Gasteiger partial charge in [0.15, 0.2) is 0 Å². The fourth-order valence-electron chi connectivity index (χ4n) is 2.09. The number of rotatable bonds is 4. The summed E-state index contributed by atoms with van der Waals surface area (Å²) in [6.07, 6.45) is 1.10. The molecule has 5 heteroatoms.